The van der Waals surface area contributed by atoms with Crippen molar-refractivity contribution in [3.8, 4) is 22.9 Å². The van der Waals surface area contributed by atoms with Crippen molar-refractivity contribution in [1.82, 2.24) is 18.8 Å². The van der Waals surface area contributed by atoms with E-state index in [0.29, 0.717) is 19.6 Å². The van der Waals surface area contributed by atoms with Crippen LogP contribution in [-0.2, 0) is 28.5 Å². The lowest BCUT2D eigenvalue weighted by atomic mass is 9.93. The number of nitrogens with one attached hydrogen (secondary N) is 1. The Labute approximate surface area is 209 Å². The van der Waals surface area contributed by atoms with Crippen LogP contribution in [-0.4, -0.2) is 35.6 Å². The van der Waals surface area contributed by atoms with E-state index in [1.54, 1.807) is 10.7 Å². The summed E-state index contributed by atoms with van der Waals surface area (Å²) in [5.74, 6) is 0.479. The number of ether oxygens (including phenoxy) is 1. The molecule has 2 heterocycles. The van der Waals surface area contributed by atoms with Crippen LogP contribution in [0.2, 0.25) is 0 Å². The van der Waals surface area contributed by atoms with Gasteiger partial charge in [0.1, 0.15) is 5.75 Å². The van der Waals surface area contributed by atoms with Crippen LogP contribution in [0.5, 0.6) is 11.6 Å². The average molecular weight is 523 g/mol. The molecule has 1 aliphatic rings. The first kappa shape index (κ1) is 26.2. The maximum Gasteiger partial charge on any atom is 0.416 e. The van der Waals surface area contributed by atoms with Crippen molar-refractivity contribution in [2.45, 2.75) is 51.9 Å². The monoisotopic (exact) mass is 522 g/mol. The minimum Gasteiger partial charge on any atom is -0.438 e. The van der Waals surface area contributed by atoms with Crippen LogP contribution in [0.25, 0.3) is 11.3 Å². The molecule has 1 fully saturated rings. The fourth-order valence-electron chi connectivity index (χ4n) is 4.19. The van der Waals surface area contributed by atoms with E-state index in [-0.39, 0.29) is 11.6 Å². The highest BCUT2D eigenvalue weighted by Crippen LogP contribution is 2.33. The second kappa shape index (κ2) is 9.87. The first-order valence-electron chi connectivity index (χ1n) is 11.7. The van der Waals surface area contributed by atoms with Gasteiger partial charge in [0.2, 0.25) is 5.88 Å². The summed E-state index contributed by atoms with van der Waals surface area (Å²) in [5.41, 5.74) is 0.692. The summed E-state index contributed by atoms with van der Waals surface area (Å²) in [6.07, 6.45) is -2.71. The Kier molecular flexibility index (Phi) is 7.18. The molecule has 0 saturated carbocycles. The summed E-state index contributed by atoms with van der Waals surface area (Å²) >= 11 is 0. The van der Waals surface area contributed by atoms with E-state index in [0.717, 1.165) is 41.8 Å². The second-order valence-electron chi connectivity index (χ2n) is 9.23. The van der Waals surface area contributed by atoms with E-state index in [9.17, 15) is 21.6 Å². The normalized spacial score (nSPS) is 15.4. The van der Waals surface area contributed by atoms with Gasteiger partial charge in [-0.3, -0.25) is 4.68 Å². The summed E-state index contributed by atoms with van der Waals surface area (Å²) in [6.45, 7) is 7.11. The molecule has 2 aromatic carbocycles. The van der Waals surface area contributed by atoms with Gasteiger partial charge in [-0.15, -0.1) is 5.10 Å². The minimum atomic E-state index is -4.42. The maximum absolute atomic E-state index is 12.9. The van der Waals surface area contributed by atoms with Gasteiger partial charge in [-0.05, 0) is 69.5 Å². The van der Waals surface area contributed by atoms with E-state index in [2.05, 4.69) is 9.82 Å². The zero-order valence-corrected chi connectivity index (χ0v) is 21.2. The number of nitrogens with zero attached hydrogens (tertiary/aromatic N) is 3. The van der Waals surface area contributed by atoms with Gasteiger partial charge in [0.25, 0.3) is 10.2 Å². The molecule has 1 aliphatic heterocycles. The molecule has 0 spiro atoms. The van der Waals surface area contributed by atoms with Crippen LogP contribution in [0, 0.1) is 0 Å². The Hall–Kier alpha value is -2.89. The lowest BCUT2D eigenvalue weighted by Gasteiger charge is -2.29. The topological polar surface area (TPSA) is 76.5 Å². The maximum atomic E-state index is 12.9. The number of benzene rings is 2. The highest BCUT2D eigenvalue weighted by molar-refractivity contribution is 7.87. The van der Waals surface area contributed by atoms with Crippen LogP contribution < -0.4 is 9.46 Å². The fourth-order valence-corrected chi connectivity index (χ4v) is 5.82. The van der Waals surface area contributed by atoms with Crippen molar-refractivity contribution in [2.24, 2.45) is 0 Å². The molecule has 1 saturated heterocycles. The van der Waals surface area contributed by atoms with E-state index in [4.69, 9.17) is 4.74 Å². The average Bonchev–Trinajstić information content (AvgIpc) is 3.49. The molecule has 11 heteroatoms. The summed E-state index contributed by atoms with van der Waals surface area (Å²) < 4.78 is 75.9. The summed E-state index contributed by atoms with van der Waals surface area (Å²) in [7, 11) is -3.62. The molecule has 194 valence electrons. The van der Waals surface area contributed by atoms with Gasteiger partial charge >= 0.3 is 6.18 Å². The Morgan fingerprint density at radius 1 is 1.00 bits per heavy atom. The third kappa shape index (κ3) is 5.74. The highest BCUT2D eigenvalue weighted by atomic mass is 32.2. The molecule has 0 amide bonds. The minimum absolute atomic E-state index is 0.238. The molecular formula is C25H29F3N4O3S. The van der Waals surface area contributed by atoms with Crippen LogP contribution in [0.15, 0.2) is 54.6 Å². The molecule has 3 aromatic rings. The van der Waals surface area contributed by atoms with E-state index < -0.39 is 27.5 Å². The number of hydrogen-bond acceptors (Lipinski definition) is 4. The molecule has 1 N–H and O–H groups in total. The number of aryl methyl sites for hydroxylation is 1. The van der Waals surface area contributed by atoms with Gasteiger partial charge in [0.05, 0.1) is 16.8 Å². The zero-order chi connectivity index (χ0) is 26.1. The highest BCUT2D eigenvalue weighted by Gasteiger charge is 2.33. The number of rotatable bonds is 8. The molecule has 0 atom stereocenters. The van der Waals surface area contributed by atoms with Crippen LogP contribution in [0.3, 0.4) is 0 Å². The van der Waals surface area contributed by atoms with Crippen LogP contribution in [0.1, 0.15) is 44.7 Å². The second-order valence-corrected chi connectivity index (χ2v) is 10.9. The van der Waals surface area contributed by atoms with E-state index >= 15 is 0 Å². The van der Waals surface area contributed by atoms with Gasteiger partial charge in [0, 0.05) is 31.3 Å². The van der Waals surface area contributed by atoms with Gasteiger partial charge in [-0.25, -0.2) is 0 Å². The quantitative estimate of drug-likeness (QED) is 0.421. The SMILES string of the molecule is CCn1nc(Oc2ccc(C(F)(F)F)cc2)cc1-c1cccc(C(C)(C)NS(=O)(=O)N2CCCC2)c1. The third-order valence-corrected chi connectivity index (χ3v) is 7.94. The number of hydrogen-bond donors (Lipinski definition) is 1. The zero-order valence-electron chi connectivity index (χ0n) is 20.3. The smallest absolute Gasteiger partial charge is 0.416 e. The standard InChI is InChI=1S/C25H29F3N4O3S/c1-4-32-22(17-23(29-32)35-21-12-10-19(11-13-21)25(26,27)28)18-8-7-9-20(16-18)24(2,3)30-36(33,34)31-14-5-6-15-31/h7-13,16-17,30H,4-6,14-15H2,1-3H3. The number of alkyl halides is 3. The molecule has 0 radical (unpaired) electrons. The molecule has 0 unspecified atom stereocenters. The Balaban J connectivity index is 1.57. The predicted octanol–water partition coefficient (Wildman–Crippen LogP) is 5.55. The molecule has 0 bridgehead atoms. The van der Waals surface area contributed by atoms with Crippen LogP contribution >= 0.6 is 0 Å². The third-order valence-electron chi connectivity index (χ3n) is 6.13. The summed E-state index contributed by atoms with van der Waals surface area (Å²) in [5, 5.41) is 4.43. The van der Waals surface area contributed by atoms with E-state index in [1.807, 2.05) is 45.0 Å². The summed E-state index contributed by atoms with van der Waals surface area (Å²) in [4.78, 5) is 0. The van der Waals surface area contributed by atoms with Gasteiger partial charge in [0.15, 0.2) is 0 Å². The summed E-state index contributed by atoms with van der Waals surface area (Å²) in [6, 6.07) is 13.6. The number of aromatic nitrogens is 2. The first-order valence-corrected chi connectivity index (χ1v) is 13.2. The van der Waals surface area contributed by atoms with Crippen molar-refractivity contribution in [1.29, 1.82) is 0 Å². The van der Waals surface area contributed by atoms with Gasteiger partial charge in [-0.2, -0.15) is 30.6 Å². The Morgan fingerprint density at radius 2 is 1.67 bits per heavy atom. The van der Waals surface area contributed by atoms with Gasteiger partial charge in [-0.1, -0.05) is 18.2 Å². The van der Waals surface area contributed by atoms with Crippen molar-refractivity contribution < 1.29 is 26.3 Å². The molecule has 0 aliphatic carbocycles. The largest absolute Gasteiger partial charge is 0.438 e. The van der Waals surface area contributed by atoms with Crippen molar-refractivity contribution >= 4 is 10.2 Å². The lowest BCUT2D eigenvalue weighted by Crippen LogP contribution is -2.47. The van der Waals surface area contributed by atoms with Crippen molar-refractivity contribution in [3.63, 3.8) is 0 Å². The number of halogens is 3. The molecule has 1 aromatic heterocycles. The fraction of sp³-hybridized carbons (Fsp3) is 0.400. The van der Waals surface area contributed by atoms with Crippen molar-refractivity contribution in [2.75, 3.05) is 13.1 Å². The molecule has 36 heavy (non-hydrogen) atoms. The van der Waals surface area contributed by atoms with Gasteiger partial charge < -0.3 is 4.74 Å². The lowest BCUT2D eigenvalue weighted by molar-refractivity contribution is -0.137. The first-order chi connectivity index (χ1) is 16.9. The molecule has 4 rings (SSSR count). The Bertz CT molecular complexity index is 1310. The van der Waals surface area contributed by atoms with E-state index in [1.165, 1.54) is 16.4 Å². The van der Waals surface area contributed by atoms with Crippen molar-refractivity contribution in [3.05, 3.63) is 65.7 Å². The predicted molar refractivity (Wildman–Crippen MR) is 131 cm³/mol. The molecule has 7 nitrogen and oxygen atoms in total. The molecular weight excluding hydrogens is 493 g/mol. The Morgan fingerprint density at radius 3 is 2.28 bits per heavy atom. The van der Waals surface area contributed by atoms with Crippen LogP contribution in [0.4, 0.5) is 13.2 Å².